The predicted octanol–water partition coefficient (Wildman–Crippen LogP) is -0.598. The molecule has 0 spiro atoms. The van der Waals surface area contributed by atoms with Gasteiger partial charge < -0.3 is 10.8 Å². The highest BCUT2D eigenvalue weighted by Crippen LogP contribution is 2.10. The fourth-order valence-electron chi connectivity index (χ4n) is 1.45. The first kappa shape index (κ1) is 7.98. The summed E-state index contributed by atoms with van der Waals surface area (Å²) in [4.78, 5) is 2.26. The van der Waals surface area contributed by atoms with E-state index < -0.39 is 0 Å². The van der Waals surface area contributed by atoms with Crippen LogP contribution in [0.25, 0.3) is 0 Å². The molecule has 0 bridgehead atoms. The quantitative estimate of drug-likeness (QED) is 0.556. The van der Waals surface area contributed by atoms with Crippen molar-refractivity contribution in [1.29, 1.82) is 0 Å². The van der Waals surface area contributed by atoms with Crippen molar-refractivity contribution < 1.29 is 5.11 Å². The maximum absolute atomic E-state index is 8.86. The Morgan fingerprint density at radius 3 is 2.40 bits per heavy atom. The minimum absolute atomic E-state index is 0.205. The monoisotopic (exact) mass is 144 g/mol. The largest absolute Gasteiger partial charge is 0.395 e. The van der Waals surface area contributed by atoms with E-state index in [1.807, 2.05) is 0 Å². The molecule has 1 rings (SSSR count). The van der Waals surface area contributed by atoms with Gasteiger partial charge in [-0.2, -0.15) is 0 Å². The summed E-state index contributed by atoms with van der Waals surface area (Å²) in [5, 5.41) is 8.86. The lowest BCUT2D eigenvalue weighted by Gasteiger charge is -2.23. The predicted molar refractivity (Wildman–Crippen MR) is 40.7 cm³/mol. The smallest absolute Gasteiger partial charge is 0.0599 e. The Labute approximate surface area is 61.8 Å². The van der Waals surface area contributed by atoms with Crippen molar-refractivity contribution in [2.75, 3.05) is 26.2 Å². The number of nitrogens with zero attached hydrogens (tertiary/aromatic N) is 1. The van der Waals surface area contributed by atoms with Gasteiger partial charge in [-0.15, -0.1) is 0 Å². The van der Waals surface area contributed by atoms with E-state index >= 15 is 0 Å². The van der Waals surface area contributed by atoms with Crippen LogP contribution >= 0.6 is 0 Å². The molecule has 0 radical (unpaired) electrons. The van der Waals surface area contributed by atoms with Crippen LogP contribution in [0.2, 0.25) is 0 Å². The number of hydrogen-bond donors (Lipinski definition) is 2. The zero-order valence-electron chi connectivity index (χ0n) is 6.29. The van der Waals surface area contributed by atoms with Gasteiger partial charge in [-0.05, 0) is 25.9 Å². The van der Waals surface area contributed by atoms with Gasteiger partial charge in [-0.1, -0.05) is 0 Å². The molecular weight excluding hydrogens is 128 g/mol. The molecule has 0 saturated carbocycles. The number of nitrogens with two attached hydrogens (primary N) is 1. The number of aliphatic hydroxyl groups is 1. The highest BCUT2D eigenvalue weighted by molar-refractivity contribution is 4.75. The van der Waals surface area contributed by atoms with E-state index in [-0.39, 0.29) is 12.6 Å². The second kappa shape index (κ2) is 3.91. The third kappa shape index (κ3) is 1.68. The fraction of sp³-hybridized carbons (Fsp3) is 1.00. The summed E-state index contributed by atoms with van der Waals surface area (Å²) in [6.45, 7) is 3.01. The van der Waals surface area contributed by atoms with E-state index in [4.69, 9.17) is 10.8 Å². The molecule has 1 heterocycles. The minimum Gasteiger partial charge on any atom is -0.395 e. The van der Waals surface area contributed by atoms with Crippen LogP contribution in [0.5, 0.6) is 0 Å². The molecule has 0 aliphatic carbocycles. The van der Waals surface area contributed by atoms with Crippen LogP contribution in [-0.2, 0) is 0 Å². The highest BCUT2D eigenvalue weighted by atomic mass is 16.3. The second-order valence-electron chi connectivity index (χ2n) is 2.82. The Balaban J connectivity index is 2.29. The average Bonchev–Trinajstić information content (AvgIpc) is 2.43. The van der Waals surface area contributed by atoms with Crippen LogP contribution < -0.4 is 5.73 Å². The Morgan fingerprint density at radius 1 is 1.40 bits per heavy atom. The van der Waals surface area contributed by atoms with Crippen molar-refractivity contribution in [2.45, 2.75) is 18.9 Å². The van der Waals surface area contributed by atoms with E-state index in [9.17, 15) is 0 Å². The molecule has 1 atom stereocenters. The molecular formula is C7H16N2O. The lowest BCUT2D eigenvalue weighted by atomic mass is 10.3. The SMILES string of the molecule is NC[C@H](CO)N1CCCC1. The Bertz CT molecular complexity index is 87.6. The van der Waals surface area contributed by atoms with Gasteiger partial charge in [-0.25, -0.2) is 0 Å². The van der Waals surface area contributed by atoms with E-state index in [0.717, 1.165) is 13.1 Å². The van der Waals surface area contributed by atoms with Gasteiger partial charge in [0.15, 0.2) is 0 Å². The first-order chi connectivity index (χ1) is 4.88. The van der Waals surface area contributed by atoms with Gasteiger partial charge in [0.25, 0.3) is 0 Å². The van der Waals surface area contributed by atoms with Gasteiger partial charge in [0.05, 0.1) is 6.61 Å². The number of likely N-dealkylation sites (tertiary alicyclic amines) is 1. The van der Waals surface area contributed by atoms with Crippen LogP contribution in [0.15, 0.2) is 0 Å². The summed E-state index contributed by atoms with van der Waals surface area (Å²) in [6, 6.07) is 0.211. The molecule has 60 valence electrons. The van der Waals surface area contributed by atoms with Crippen molar-refractivity contribution in [1.82, 2.24) is 4.90 Å². The summed E-state index contributed by atoms with van der Waals surface area (Å²) in [6.07, 6.45) is 2.52. The molecule has 0 amide bonds. The summed E-state index contributed by atoms with van der Waals surface area (Å²) in [7, 11) is 0. The number of aliphatic hydroxyl groups excluding tert-OH is 1. The van der Waals surface area contributed by atoms with Crippen molar-refractivity contribution in [3.05, 3.63) is 0 Å². The van der Waals surface area contributed by atoms with Crippen LogP contribution in [0.4, 0.5) is 0 Å². The first-order valence-corrected chi connectivity index (χ1v) is 3.93. The molecule has 10 heavy (non-hydrogen) atoms. The molecule has 0 unspecified atom stereocenters. The lowest BCUT2D eigenvalue weighted by Crippen LogP contribution is -2.41. The van der Waals surface area contributed by atoms with Crippen molar-refractivity contribution in [2.24, 2.45) is 5.73 Å². The molecule has 3 heteroatoms. The van der Waals surface area contributed by atoms with Crippen LogP contribution in [-0.4, -0.2) is 42.3 Å². The van der Waals surface area contributed by atoms with Gasteiger partial charge >= 0.3 is 0 Å². The average molecular weight is 144 g/mol. The van der Waals surface area contributed by atoms with Gasteiger partial charge in [0.1, 0.15) is 0 Å². The fourth-order valence-corrected chi connectivity index (χ4v) is 1.45. The van der Waals surface area contributed by atoms with Crippen LogP contribution in [0, 0.1) is 0 Å². The molecule has 1 aliphatic heterocycles. The standard InChI is InChI=1S/C7H16N2O/c8-5-7(6-10)9-3-1-2-4-9/h7,10H,1-6,8H2/t7-/m1/s1. The Morgan fingerprint density at radius 2 is 2.00 bits per heavy atom. The van der Waals surface area contributed by atoms with Crippen molar-refractivity contribution >= 4 is 0 Å². The Hall–Kier alpha value is -0.120. The van der Waals surface area contributed by atoms with Gasteiger partial charge in [0, 0.05) is 12.6 Å². The lowest BCUT2D eigenvalue weighted by molar-refractivity contribution is 0.151. The first-order valence-electron chi connectivity index (χ1n) is 3.93. The molecule has 0 aromatic heterocycles. The van der Waals surface area contributed by atoms with Crippen LogP contribution in [0.1, 0.15) is 12.8 Å². The summed E-state index contributed by atoms with van der Waals surface area (Å²) in [5.41, 5.74) is 5.46. The summed E-state index contributed by atoms with van der Waals surface area (Å²) in [5.74, 6) is 0. The van der Waals surface area contributed by atoms with Gasteiger partial charge in [0.2, 0.25) is 0 Å². The maximum Gasteiger partial charge on any atom is 0.0599 e. The molecule has 1 fully saturated rings. The van der Waals surface area contributed by atoms with E-state index in [1.165, 1.54) is 12.8 Å². The zero-order valence-corrected chi connectivity index (χ0v) is 6.29. The Kier molecular flexibility index (Phi) is 3.12. The van der Waals surface area contributed by atoms with E-state index in [0.29, 0.717) is 6.54 Å². The maximum atomic E-state index is 8.86. The van der Waals surface area contributed by atoms with E-state index in [1.54, 1.807) is 0 Å². The van der Waals surface area contributed by atoms with E-state index in [2.05, 4.69) is 4.90 Å². The highest BCUT2D eigenvalue weighted by Gasteiger charge is 2.19. The third-order valence-electron chi connectivity index (χ3n) is 2.14. The third-order valence-corrected chi connectivity index (χ3v) is 2.14. The molecule has 3 N–H and O–H groups in total. The second-order valence-corrected chi connectivity index (χ2v) is 2.82. The number of rotatable bonds is 3. The molecule has 1 saturated heterocycles. The minimum atomic E-state index is 0.205. The zero-order chi connectivity index (χ0) is 7.40. The molecule has 3 nitrogen and oxygen atoms in total. The normalized spacial score (nSPS) is 23.4. The molecule has 0 aromatic carbocycles. The van der Waals surface area contributed by atoms with Crippen LogP contribution in [0.3, 0.4) is 0 Å². The van der Waals surface area contributed by atoms with Crippen molar-refractivity contribution in [3.8, 4) is 0 Å². The van der Waals surface area contributed by atoms with Gasteiger partial charge in [-0.3, -0.25) is 4.90 Å². The summed E-state index contributed by atoms with van der Waals surface area (Å²) >= 11 is 0. The number of hydrogen-bond acceptors (Lipinski definition) is 3. The molecule has 0 aromatic rings. The molecule has 1 aliphatic rings. The van der Waals surface area contributed by atoms with Crippen molar-refractivity contribution in [3.63, 3.8) is 0 Å². The topological polar surface area (TPSA) is 49.5 Å². The summed E-state index contributed by atoms with van der Waals surface area (Å²) < 4.78 is 0.